The first kappa shape index (κ1) is 20.5. The van der Waals surface area contributed by atoms with Crippen LogP contribution < -0.4 is 10.1 Å². The Bertz CT molecular complexity index is 598. The van der Waals surface area contributed by atoms with E-state index in [4.69, 9.17) is 4.74 Å². The molecule has 0 aromatic heterocycles. The van der Waals surface area contributed by atoms with Crippen molar-refractivity contribution < 1.29 is 24.2 Å². The van der Waals surface area contributed by atoms with E-state index in [2.05, 4.69) is 5.32 Å². The van der Waals surface area contributed by atoms with Crippen LogP contribution in [0.15, 0.2) is 24.3 Å². The second-order valence-electron chi connectivity index (χ2n) is 6.22. The van der Waals surface area contributed by atoms with Crippen LogP contribution in [0.25, 0.3) is 0 Å². The zero-order chi connectivity index (χ0) is 19.0. The number of hydrogen-bond donors (Lipinski definition) is 2. The minimum atomic E-state index is -1.10. The molecule has 1 aromatic rings. The topological polar surface area (TPSA) is 95.9 Å². The Morgan fingerprint density at radius 3 is 2.24 bits per heavy atom. The Morgan fingerprint density at radius 1 is 1.16 bits per heavy atom. The molecule has 1 aromatic carbocycles. The minimum absolute atomic E-state index is 0.109. The molecular formula is C18H26N2O5. The first-order valence-electron chi connectivity index (χ1n) is 8.23. The molecule has 1 unspecified atom stereocenters. The Labute approximate surface area is 148 Å². The van der Waals surface area contributed by atoms with E-state index in [1.54, 1.807) is 24.3 Å². The first-order valence-corrected chi connectivity index (χ1v) is 8.23. The number of hydrogen-bond acceptors (Lipinski definition) is 4. The molecule has 7 heteroatoms. The van der Waals surface area contributed by atoms with Gasteiger partial charge < -0.3 is 20.1 Å². The lowest BCUT2D eigenvalue weighted by Gasteiger charge is -2.26. The number of carbonyl (C=O) groups is 3. The summed E-state index contributed by atoms with van der Waals surface area (Å²) in [5.41, 5.74) is 0.368. The van der Waals surface area contributed by atoms with Gasteiger partial charge in [-0.2, -0.15) is 0 Å². The fraction of sp³-hybridized carbons (Fsp3) is 0.500. The average Bonchev–Trinajstić information content (AvgIpc) is 2.56. The highest BCUT2D eigenvalue weighted by Gasteiger charge is 2.26. The molecule has 0 radical (unpaired) electrons. The van der Waals surface area contributed by atoms with Gasteiger partial charge in [0.2, 0.25) is 5.91 Å². The third-order valence-corrected chi connectivity index (χ3v) is 3.50. The zero-order valence-corrected chi connectivity index (χ0v) is 15.1. The predicted molar refractivity (Wildman–Crippen MR) is 93.6 cm³/mol. The summed E-state index contributed by atoms with van der Waals surface area (Å²) in [6.45, 7) is 7.75. The van der Waals surface area contributed by atoms with E-state index in [-0.39, 0.29) is 19.0 Å². The van der Waals surface area contributed by atoms with Crippen molar-refractivity contribution in [1.29, 1.82) is 0 Å². The van der Waals surface area contributed by atoms with Crippen LogP contribution in [0.3, 0.4) is 0 Å². The van der Waals surface area contributed by atoms with Gasteiger partial charge in [-0.05, 0) is 37.1 Å². The van der Waals surface area contributed by atoms with Gasteiger partial charge >= 0.3 is 5.97 Å². The van der Waals surface area contributed by atoms with Crippen LogP contribution in [0, 0.1) is 5.92 Å². The number of ether oxygens (including phenoxy) is 1. The predicted octanol–water partition coefficient (Wildman–Crippen LogP) is 1.77. The highest BCUT2D eigenvalue weighted by Crippen LogP contribution is 2.16. The van der Waals surface area contributed by atoms with Crippen LogP contribution in [-0.4, -0.2) is 53.5 Å². The Balaban J connectivity index is 2.84. The van der Waals surface area contributed by atoms with E-state index in [0.29, 0.717) is 23.8 Å². The maximum absolute atomic E-state index is 12.7. The molecule has 2 N–H and O–H groups in total. The Kier molecular flexibility index (Phi) is 7.91. The molecule has 2 amide bonds. The van der Waals surface area contributed by atoms with Crippen LogP contribution in [0.2, 0.25) is 0 Å². The fourth-order valence-electron chi connectivity index (χ4n) is 2.08. The summed E-state index contributed by atoms with van der Waals surface area (Å²) in [5.74, 6) is -0.700. The standard InChI is InChI=1S/C18H26N2O5/c1-12(2)11-25-16-7-5-15(6-8-16)17(22)20(13(3)18(23)24)10-9-19-14(4)21/h5-8,12-13H,9-11H2,1-4H3,(H,19,21)(H,23,24). The van der Waals surface area contributed by atoms with E-state index in [1.165, 1.54) is 18.7 Å². The molecule has 0 aliphatic rings. The van der Waals surface area contributed by atoms with Gasteiger partial charge in [-0.3, -0.25) is 9.59 Å². The molecule has 0 saturated heterocycles. The highest BCUT2D eigenvalue weighted by molar-refractivity contribution is 5.96. The van der Waals surface area contributed by atoms with Crippen LogP contribution >= 0.6 is 0 Å². The number of nitrogens with one attached hydrogen (secondary N) is 1. The number of amides is 2. The molecule has 0 bridgehead atoms. The summed E-state index contributed by atoms with van der Waals surface area (Å²) in [6, 6.07) is 5.59. The number of carboxylic acids is 1. The fourth-order valence-corrected chi connectivity index (χ4v) is 2.08. The number of carboxylic acid groups (broad SMARTS) is 1. The normalized spacial score (nSPS) is 11.7. The van der Waals surface area contributed by atoms with Crippen LogP contribution in [0.1, 0.15) is 38.1 Å². The SMILES string of the molecule is CC(=O)NCCN(C(=O)c1ccc(OCC(C)C)cc1)C(C)C(=O)O. The van der Waals surface area contributed by atoms with Gasteiger partial charge in [0.1, 0.15) is 11.8 Å². The second-order valence-corrected chi connectivity index (χ2v) is 6.22. The molecule has 0 aliphatic heterocycles. The summed E-state index contributed by atoms with van der Waals surface area (Å²) in [6.07, 6.45) is 0. The summed E-state index contributed by atoms with van der Waals surface area (Å²) in [7, 11) is 0. The van der Waals surface area contributed by atoms with Crippen molar-refractivity contribution in [2.24, 2.45) is 5.92 Å². The van der Waals surface area contributed by atoms with E-state index in [0.717, 1.165) is 0 Å². The van der Waals surface area contributed by atoms with Crippen molar-refractivity contribution in [1.82, 2.24) is 10.2 Å². The van der Waals surface area contributed by atoms with Gasteiger partial charge in [0.15, 0.2) is 0 Å². The van der Waals surface area contributed by atoms with Gasteiger partial charge in [-0.25, -0.2) is 4.79 Å². The van der Waals surface area contributed by atoms with E-state index in [1.807, 2.05) is 13.8 Å². The smallest absolute Gasteiger partial charge is 0.326 e. The number of nitrogens with zero attached hydrogens (tertiary/aromatic N) is 1. The van der Waals surface area contributed by atoms with Crippen LogP contribution in [0.5, 0.6) is 5.75 Å². The van der Waals surface area contributed by atoms with Crippen LogP contribution in [0.4, 0.5) is 0 Å². The van der Waals surface area contributed by atoms with Gasteiger partial charge in [0, 0.05) is 25.6 Å². The lowest BCUT2D eigenvalue weighted by molar-refractivity contribution is -0.141. The molecule has 0 fully saturated rings. The summed E-state index contributed by atoms with van der Waals surface area (Å²) in [5, 5.41) is 11.8. The Hall–Kier alpha value is -2.57. The highest BCUT2D eigenvalue weighted by atomic mass is 16.5. The van der Waals surface area contributed by atoms with E-state index in [9.17, 15) is 19.5 Å². The molecule has 1 rings (SSSR count). The Morgan fingerprint density at radius 2 is 1.76 bits per heavy atom. The molecule has 0 spiro atoms. The van der Waals surface area contributed by atoms with E-state index < -0.39 is 17.9 Å². The third kappa shape index (κ3) is 6.82. The first-order chi connectivity index (χ1) is 11.7. The van der Waals surface area contributed by atoms with Gasteiger partial charge in [0.25, 0.3) is 5.91 Å². The number of rotatable bonds is 9. The molecule has 138 valence electrons. The molecule has 0 heterocycles. The lowest BCUT2D eigenvalue weighted by Crippen LogP contribution is -2.46. The maximum Gasteiger partial charge on any atom is 0.326 e. The van der Waals surface area contributed by atoms with Gasteiger partial charge in [-0.15, -0.1) is 0 Å². The van der Waals surface area contributed by atoms with Crippen molar-refractivity contribution in [2.75, 3.05) is 19.7 Å². The zero-order valence-electron chi connectivity index (χ0n) is 15.1. The molecule has 0 saturated carbocycles. The summed E-state index contributed by atoms with van der Waals surface area (Å²) in [4.78, 5) is 36.1. The van der Waals surface area contributed by atoms with Gasteiger partial charge in [-0.1, -0.05) is 13.8 Å². The van der Waals surface area contributed by atoms with Crippen molar-refractivity contribution >= 4 is 17.8 Å². The number of aliphatic carboxylic acids is 1. The largest absolute Gasteiger partial charge is 0.493 e. The quantitative estimate of drug-likeness (QED) is 0.708. The van der Waals surface area contributed by atoms with Gasteiger partial charge in [0.05, 0.1) is 6.61 Å². The van der Waals surface area contributed by atoms with Crippen LogP contribution in [-0.2, 0) is 9.59 Å². The summed E-state index contributed by atoms with van der Waals surface area (Å²) >= 11 is 0. The molecule has 25 heavy (non-hydrogen) atoms. The molecule has 7 nitrogen and oxygen atoms in total. The van der Waals surface area contributed by atoms with Crippen molar-refractivity contribution in [3.8, 4) is 5.75 Å². The van der Waals surface area contributed by atoms with E-state index >= 15 is 0 Å². The summed E-state index contributed by atoms with van der Waals surface area (Å²) < 4.78 is 5.57. The second kappa shape index (κ2) is 9.66. The lowest BCUT2D eigenvalue weighted by atomic mass is 10.1. The molecular weight excluding hydrogens is 324 g/mol. The van der Waals surface area contributed by atoms with Crippen molar-refractivity contribution in [3.63, 3.8) is 0 Å². The monoisotopic (exact) mass is 350 g/mol. The minimum Gasteiger partial charge on any atom is -0.493 e. The third-order valence-electron chi connectivity index (χ3n) is 3.50. The average molecular weight is 350 g/mol. The van der Waals surface area contributed by atoms with Crippen molar-refractivity contribution in [2.45, 2.75) is 33.7 Å². The maximum atomic E-state index is 12.7. The number of benzene rings is 1. The van der Waals surface area contributed by atoms with Crippen molar-refractivity contribution in [3.05, 3.63) is 29.8 Å². The molecule has 1 atom stereocenters. The number of carbonyl (C=O) groups excluding carboxylic acids is 2. The molecule has 0 aliphatic carbocycles.